The first-order valence-corrected chi connectivity index (χ1v) is 4.98. The molecule has 0 spiro atoms. The van der Waals surface area contributed by atoms with Crippen LogP contribution in [-0.2, 0) is 4.79 Å². The number of aromatic nitrogens is 2. The fourth-order valence-corrected chi connectivity index (χ4v) is 1.04. The Hall–Kier alpha value is -1.45. The van der Waals surface area contributed by atoms with Crippen LogP contribution in [0.25, 0.3) is 0 Å². The van der Waals surface area contributed by atoms with E-state index >= 15 is 0 Å². The van der Waals surface area contributed by atoms with Crippen LogP contribution < -0.4 is 5.32 Å². The van der Waals surface area contributed by atoms with E-state index in [1.165, 1.54) is 6.33 Å². The summed E-state index contributed by atoms with van der Waals surface area (Å²) < 4.78 is 0. The maximum atomic E-state index is 11.7. The van der Waals surface area contributed by atoms with Crippen LogP contribution in [0.3, 0.4) is 0 Å². The van der Waals surface area contributed by atoms with Crippen molar-refractivity contribution in [3.8, 4) is 0 Å². The smallest absolute Gasteiger partial charge is 0.225 e. The van der Waals surface area contributed by atoms with Gasteiger partial charge in [-0.2, -0.15) is 0 Å². The highest BCUT2D eigenvalue weighted by molar-refractivity contribution is 5.81. The van der Waals surface area contributed by atoms with E-state index in [0.29, 0.717) is 0 Å². The van der Waals surface area contributed by atoms with Crippen LogP contribution in [-0.4, -0.2) is 15.9 Å². The topological polar surface area (TPSA) is 54.9 Å². The maximum Gasteiger partial charge on any atom is 0.225 e. The summed E-state index contributed by atoms with van der Waals surface area (Å²) in [5.41, 5.74) is 0.448. The SMILES string of the molecule is CC(NC(=O)C(C)(C)C)c1ccncn1. The van der Waals surface area contributed by atoms with E-state index in [1.54, 1.807) is 12.3 Å². The maximum absolute atomic E-state index is 11.7. The lowest BCUT2D eigenvalue weighted by molar-refractivity contribution is -0.129. The zero-order chi connectivity index (χ0) is 11.5. The molecule has 1 unspecified atom stereocenters. The van der Waals surface area contributed by atoms with Crippen molar-refractivity contribution in [2.45, 2.75) is 33.7 Å². The first kappa shape index (κ1) is 11.6. The minimum absolute atomic E-state index is 0.0219. The fraction of sp³-hybridized carbons (Fsp3) is 0.545. The average molecular weight is 207 g/mol. The highest BCUT2D eigenvalue weighted by Crippen LogP contribution is 2.16. The van der Waals surface area contributed by atoms with E-state index in [9.17, 15) is 4.79 Å². The van der Waals surface area contributed by atoms with Crippen molar-refractivity contribution < 1.29 is 4.79 Å². The summed E-state index contributed by atoms with van der Waals surface area (Å²) >= 11 is 0. The van der Waals surface area contributed by atoms with Gasteiger partial charge in [-0.05, 0) is 13.0 Å². The second kappa shape index (κ2) is 4.38. The summed E-state index contributed by atoms with van der Waals surface area (Å²) in [6.07, 6.45) is 3.15. The van der Waals surface area contributed by atoms with Crippen molar-refractivity contribution in [1.82, 2.24) is 15.3 Å². The zero-order valence-corrected chi connectivity index (χ0v) is 9.61. The number of rotatable bonds is 2. The van der Waals surface area contributed by atoms with E-state index in [2.05, 4.69) is 15.3 Å². The molecule has 1 amide bonds. The number of nitrogens with zero attached hydrogens (tertiary/aromatic N) is 2. The lowest BCUT2D eigenvalue weighted by Gasteiger charge is -2.21. The van der Waals surface area contributed by atoms with Crippen molar-refractivity contribution in [1.29, 1.82) is 0 Å². The highest BCUT2D eigenvalue weighted by atomic mass is 16.2. The Morgan fingerprint density at radius 2 is 2.13 bits per heavy atom. The molecule has 4 nitrogen and oxygen atoms in total. The molecule has 0 radical (unpaired) electrons. The van der Waals surface area contributed by atoms with Crippen molar-refractivity contribution in [2.75, 3.05) is 0 Å². The van der Waals surface area contributed by atoms with E-state index < -0.39 is 0 Å². The van der Waals surface area contributed by atoms with Gasteiger partial charge in [-0.3, -0.25) is 4.79 Å². The molecule has 0 bridgehead atoms. The molecule has 0 saturated heterocycles. The number of amides is 1. The molecular weight excluding hydrogens is 190 g/mol. The van der Waals surface area contributed by atoms with Gasteiger partial charge in [0, 0.05) is 11.6 Å². The Labute approximate surface area is 90.1 Å². The molecule has 1 aromatic rings. The Morgan fingerprint density at radius 3 is 2.60 bits per heavy atom. The summed E-state index contributed by atoms with van der Waals surface area (Å²) in [4.78, 5) is 19.6. The van der Waals surface area contributed by atoms with Crippen LogP contribution in [0.1, 0.15) is 39.4 Å². The first-order chi connectivity index (χ1) is 6.91. The normalized spacial score (nSPS) is 13.3. The number of carbonyl (C=O) groups excluding carboxylic acids is 1. The molecular formula is C11H17N3O. The van der Waals surface area contributed by atoms with Gasteiger partial charge in [-0.15, -0.1) is 0 Å². The summed E-state index contributed by atoms with van der Waals surface area (Å²) in [6.45, 7) is 7.56. The highest BCUT2D eigenvalue weighted by Gasteiger charge is 2.23. The van der Waals surface area contributed by atoms with Crippen LogP contribution in [0.4, 0.5) is 0 Å². The molecule has 1 heterocycles. The minimum atomic E-state index is -0.374. The quantitative estimate of drug-likeness (QED) is 0.803. The Bertz CT molecular complexity index is 329. The van der Waals surface area contributed by atoms with E-state index in [0.717, 1.165) is 5.69 Å². The summed E-state index contributed by atoms with van der Waals surface area (Å²) in [5, 5.41) is 2.91. The average Bonchev–Trinajstić information content (AvgIpc) is 2.17. The fourth-order valence-electron chi connectivity index (χ4n) is 1.04. The molecule has 1 N–H and O–H groups in total. The second-order valence-corrected chi connectivity index (χ2v) is 4.58. The number of carbonyl (C=O) groups is 1. The number of hydrogen-bond acceptors (Lipinski definition) is 3. The molecule has 15 heavy (non-hydrogen) atoms. The van der Waals surface area contributed by atoms with Crippen LogP contribution in [0.5, 0.6) is 0 Å². The Balaban J connectivity index is 2.65. The third-order valence-corrected chi connectivity index (χ3v) is 2.08. The van der Waals surface area contributed by atoms with E-state index in [-0.39, 0.29) is 17.4 Å². The molecule has 0 aliphatic heterocycles. The van der Waals surface area contributed by atoms with Gasteiger partial charge in [0.05, 0.1) is 11.7 Å². The third-order valence-electron chi connectivity index (χ3n) is 2.08. The van der Waals surface area contributed by atoms with E-state index in [4.69, 9.17) is 0 Å². The van der Waals surface area contributed by atoms with Gasteiger partial charge in [0.2, 0.25) is 5.91 Å². The Kier molecular flexibility index (Phi) is 3.39. The van der Waals surface area contributed by atoms with Crippen molar-refractivity contribution in [2.24, 2.45) is 5.41 Å². The van der Waals surface area contributed by atoms with Crippen LogP contribution in [0.2, 0.25) is 0 Å². The molecule has 1 rings (SSSR count). The van der Waals surface area contributed by atoms with Crippen molar-refractivity contribution in [3.63, 3.8) is 0 Å². The van der Waals surface area contributed by atoms with E-state index in [1.807, 2.05) is 27.7 Å². The summed E-state index contributed by atoms with van der Waals surface area (Å²) in [5.74, 6) is 0.0219. The van der Waals surface area contributed by atoms with Crippen molar-refractivity contribution in [3.05, 3.63) is 24.3 Å². The minimum Gasteiger partial charge on any atom is -0.348 e. The summed E-state index contributed by atoms with van der Waals surface area (Å²) in [6, 6.07) is 1.72. The van der Waals surface area contributed by atoms with Crippen LogP contribution >= 0.6 is 0 Å². The molecule has 82 valence electrons. The molecule has 1 atom stereocenters. The summed E-state index contributed by atoms with van der Waals surface area (Å²) in [7, 11) is 0. The van der Waals surface area contributed by atoms with Gasteiger partial charge in [-0.1, -0.05) is 20.8 Å². The molecule has 0 saturated carbocycles. The standard InChI is InChI=1S/C11H17N3O/c1-8(9-5-6-12-7-13-9)14-10(15)11(2,3)4/h5-8H,1-4H3,(H,14,15). The van der Waals surface area contributed by atoms with Gasteiger partial charge in [0.15, 0.2) is 0 Å². The largest absolute Gasteiger partial charge is 0.348 e. The van der Waals surface area contributed by atoms with Gasteiger partial charge in [0.1, 0.15) is 6.33 Å². The lowest BCUT2D eigenvalue weighted by atomic mass is 9.95. The monoisotopic (exact) mass is 207 g/mol. The molecule has 4 heteroatoms. The number of hydrogen-bond donors (Lipinski definition) is 1. The second-order valence-electron chi connectivity index (χ2n) is 4.58. The van der Waals surface area contributed by atoms with Gasteiger partial charge in [-0.25, -0.2) is 9.97 Å². The van der Waals surface area contributed by atoms with Crippen molar-refractivity contribution >= 4 is 5.91 Å². The molecule has 0 aliphatic carbocycles. The number of nitrogens with one attached hydrogen (secondary N) is 1. The van der Waals surface area contributed by atoms with Crippen LogP contribution in [0, 0.1) is 5.41 Å². The van der Waals surface area contributed by atoms with Gasteiger partial charge < -0.3 is 5.32 Å². The molecule has 0 fully saturated rings. The predicted octanol–water partition coefficient (Wildman–Crippen LogP) is 1.70. The third kappa shape index (κ3) is 3.31. The van der Waals surface area contributed by atoms with Gasteiger partial charge in [0.25, 0.3) is 0 Å². The first-order valence-electron chi connectivity index (χ1n) is 4.98. The van der Waals surface area contributed by atoms with Gasteiger partial charge >= 0.3 is 0 Å². The van der Waals surface area contributed by atoms with Crippen LogP contribution in [0.15, 0.2) is 18.6 Å². The zero-order valence-electron chi connectivity index (χ0n) is 9.61. The molecule has 0 aromatic carbocycles. The molecule has 1 aromatic heterocycles. The predicted molar refractivity (Wildman–Crippen MR) is 58.0 cm³/mol. The Morgan fingerprint density at radius 1 is 1.47 bits per heavy atom. The molecule has 0 aliphatic rings. The lowest BCUT2D eigenvalue weighted by Crippen LogP contribution is -2.36.